The van der Waals surface area contributed by atoms with E-state index in [9.17, 15) is 14.7 Å². The quantitative estimate of drug-likeness (QED) is 0.200. The third-order valence-electron chi connectivity index (χ3n) is 6.59. The van der Waals surface area contributed by atoms with Crippen molar-refractivity contribution in [2.45, 2.75) is 58.0 Å². The van der Waals surface area contributed by atoms with Gasteiger partial charge < -0.3 is 19.3 Å². The van der Waals surface area contributed by atoms with E-state index in [0.717, 1.165) is 18.4 Å². The lowest BCUT2D eigenvalue weighted by molar-refractivity contribution is -0.151. The predicted octanol–water partition coefficient (Wildman–Crippen LogP) is 6.29. The molecular formula is C32H38O6. The number of carbonyl (C=O) groups is 2. The molecular weight excluding hydrogens is 480 g/mol. The Bertz CT molecular complexity index is 1110. The number of aliphatic hydroxyl groups excluding tert-OH is 1. The van der Waals surface area contributed by atoms with Crippen LogP contribution < -0.4 is 9.47 Å². The van der Waals surface area contributed by atoms with Gasteiger partial charge in [-0.2, -0.15) is 0 Å². The number of para-hydroxylation sites is 1. The van der Waals surface area contributed by atoms with Crippen LogP contribution in [0.5, 0.6) is 11.5 Å². The fraction of sp³-hybridized carbons (Fsp3) is 0.375. The first-order valence-corrected chi connectivity index (χ1v) is 13.2. The van der Waals surface area contributed by atoms with E-state index in [1.807, 2.05) is 55.5 Å². The van der Waals surface area contributed by atoms with Gasteiger partial charge in [0.15, 0.2) is 0 Å². The summed E-state index contributed by atoms with van der Waals surface area (Å²) >= 11 is 0. The summed E-state index contributed by atoms with van der Waals surface area (Å²) in [5.41, 5.74) is 2.35. The average Bonchev–Trinajstić information content (AvgIpc) is 2.93. The zero-order chi connectivity index (χ0) is 27.3. The molecule has 0 aromatic heterocycles. The van der Waals surface area contributed by atoms with Crippen LogP contribution in [0, 0.1) is 5.92 Å². The van der Waals surface area contributed by atoms with E-state index in [0.29, 0.717) is 23.8 Å². The highest BCUT2D eigenvalue weighted by Crippen LogP contribution is 2.37. The minimum Gasteiger partial charge on any atom is -0.491 e. The monoisotopic (exact) mass is 518 g/mol. The Balaban J connectivity index is 1.64. The van der Waals surface area contributed by atoms with Crippen molar-refractivity contribution in [3.05, 3.63) is 96.1 Å². The first kappa shape index (κ1) is 28.9. The number of rotatable bonds is 14. The number of hydrogen-bond donors (Lipinski definition) is 1. The maximum absolute atomic E-state index is 12.9. The molecule has 0 saturated heterocycles. The van der Waals surface area contributed by atoms with Crippen molar-refractivity contribution in [3.63, 3.8) is 0 Å². The van der Waals surface area contributed by atoms with Gasteiger partial charge in [0.2, 0.25) is 0 Å². The summed E-state index contributed by atoms with van der Waals surface area (Å²) in [6.45, 7) is 5.33. The van der Waals surface area contributed by atoms with E-state index in [-0.39, 0.29) is 37.0 Å². The molecule has 0 aliphatic heterocycles. The molecule has 3 aromatic rings. The molecule has 3 rings (SSSR count). The Morgan fingerprint density at radius 1 is 0.763 bits per heavy atom. The average molecular weight is 519 g/mol. The van der Waals surface area contributed by atoms with Gasteiger partial charge >= 0.3 is 11.9 Å². The summed E-state index contributed by atoms with van der Waals surface area (Å²) in [6, 6.07) is 27.1. The number of hydrogen-bond acceptors (Lipinski definition) is 6. The number of benzene rings is 3. The number of aliphatic hydroxyl groups is 1. The molecule has 1 N–H and O–H groups in total. The van der Waals surface area contributed by atoms with E-state index in [4.69, 9.17) is 14.2 Å². The Morgan fingerprint density at radius 2 is 1.37 bits per heavy atom. The van der Waals surface area contributed by atoms with Crippen LogP contribution in [0.25, 0.3) is 0 Å². The molecule has 4 unspecified atom stereocenters. The molecule has 6 nitrogen and oxygen atoms in total. The highest BCUT2D eigenvalue weighted by atomic mass is 16.5. The lowest BCUT2D eigenvalue weighted by Crippen LogP contribution is -2.27. The lowest BCUT2D eigenvalue weighted by atomic mass is 9.79. The van der Waals surface area contributed by atoms with Gasteiger partial charge in [0.25, 0.3) is 0 Å². The van der Waals surface area contributed by atoms with E-state index < -0.39 is 6.10 Å². The standard InChI is InChI=1S/C32H38O6/c1-4-25(26-11-7-5-8-12-26)20-28(27-15-17-31(18-16-27)38-24(3)33)19-23(2)32(35)37-22-29(34)21-36-30-13-9-6-10-14-30/h5-18,23,25,28-29,34H,4,19-22H2,1-3H3. The SMILES string of the molecule is CCC(CC(CC(C)C(=O)OCC(O)COc1ccccc1)c1ccc(OC(C)=O)cc1)c1ccccc1. The van der Waals surface area contributed by atoms with Crippen LogP contribution >= 0.6 is 0 Å². The minimum atomic E-state index is -0.918. The summed E-state index contributed by atoms with van der Waals surface area (Å²) in [7, 11) is 0. The van der Waals surface area contributed by atoms with Crippen LogP contribution in [0.3, 0.4) is 0 Å². The summed E-state index contributed by atoms with van der Waals surface area (Å²) in [6.07, 6.45) is 1.50. The topological polar surface area (TPSA) is 82.1 Å². The first-order valence-electron chi connectivity index (χ1n) is 13.2. The van der Waals surface area contributed by atoms with Gasteiger partial charge in [0.05, 0.1) is 5.92 Å². The molecule has 4 atom stereocenters. The second kappa shape index (κ2) is 14.9. The largest absolute Gasteiger partial charge is 0.491 e. The van der Waals surface area contributed by atoms with E-state index in [1.165, 1.54) is 12.5 Å². The van der Waals surface area contributed by atoms with Crippen LogP contribution in [0.4, 0.5) is 0 Å². The minimum absolute atomic E-state index is 0.0399. The van der Waals surface area contributed by atoms with Crippen molar-refractivity contribution in [2.75, 3.05) is 13.2 Å². The molecule has 0 fully saturated rings. The van der Waals surface area contributed by atoms with Gasteiger partial charge in [0, 0.05) is 6.92 Å². The van der Waals surface area contributed by atoms with Crippen LogP contribution in [0.2, 0.25) is 0 Å². The van der Waals surface area contributed by atoms with E-state index in [2.05, 4.69) is 19.1 Å². The molecule has 0 saturated carbocycles. The summed E-state index contributed by atoms with van der Waals surface area (Å²) in [4.78, 5) is 24.2. The van der Waals surface area contributed by atoms with Gasteiger partial charge in [-0.25, -0.2) is 0 Å². The molecule has 0 bridgehead atoms. The smallest absolute Gasteiger partial charge is 0.308 e. The predicted molar refractivity (Wildman–Crippen MR) is 147 cm³/mol. The van der Waals surface area contributed by atoms with Crippen molar-refractivity contribution >= 4 is 11.9 Å². The maximum atomic E-state index is 12.9. The molecule has 0 aliphatic carbocycles. The highest BCUT2D eigenvalue weighted by molar-refractivity contribution is 5.72. The Kier molecular flexibility index (Phi) is 11.4. The zero-order valence-electron chi connectivity index (χ0n) is 22.4. The Morgan fingerprint density at radius 3 is 1.97 bits per heavy atom. The second-order valence-corrected chi connectivity index (χ2v) is 9.66. The van der Waals surface area contributed by atoms with Crippen LogP contribution in [-0.4, -0.2) is 36.4 Å². The van der Waals surface area contributed by atoms with Crippen LogP contribution in [-0.2, 0) is 14.3 Å². The van der Waals surface area contributed by atoms with Gasteiger partial charge in [0.1, 0.15) is 30.8 Å². The van der Waals surface area contributed by atoms with Gasteiger partial charge in [-0.3, -0.25) is 9.59 Å². The third-order valence-corrected chi connectivity index (χ3v) is 6.59. The van der Waals surface area contributed by atoms with Crippen molar-refractivity contribution in [1.82, 2.24) is 0 Å². The molecule has 0 amide bonds. The molecule has 0 radical (unpaired) electrons. The summed E-state index contributed by atoms with van der Waals surface area (Å²) in [5.74, 6) is 0.473. The van der Waals surface area contributed by atoms with Crippen molar-refractivity contribution < 1.29 is 28.9 Å². The molecule has 0 heterocycles. The fourth-order valence-electron chi connectivity index (χ4n) is 4.55. The van der Waals surface area contributed by atoms with Crippen molar-refractivity contribution in [3.8, 4) is 11.5 Å². The summed E-state index contributed by atoms with van der Waals surface area (Å²) in [5, 5.41) is 10.2. The van der Waals surface area contributed by atoms with Gasteiger partial charge in [-0.1, -0.05) is 74.5 Å². The second-order valence-electron chi connectivity index (χ2n) is 9.66. The Labute approximate surface area is 225 Å². The number of ether oxygens (including phenoxy) is 3. The Hall–Kier alpha value is -3.64. The normalized spacial score (nSPS) is 14.1. The van der Waals surface area contributed by atoms with E-state index >= 15 is 0 Å². The number of esters is 2. The van der Waals surface area contributed by atoms with Crippen molar-refractivity contribution in [2.24, 2.45) is 5.92 Å². The number of carbonyl (C=O) groups excluding carboxylic acids is 2. The molecule has 38 heavy (non-hydrogen) atoms. The molecule has 202 valence electrons. The van der Waals surface area contributed by atoms with E-state index in [1.54, 1.807) is 24.3 Å². The van der Waals surface area contributed by atoms with Gasteiger partial charge in [-0.15, -0.1) is 0 Å². The van der Waals surface area contributed by atoms with Gasteiger partial charge in [-0.05, 0) is 66.5 Å². The summed E-state index contributed by atoms with van der Waals surface area (Å²) < 4.78 is 16.2. The van der Waals surface area contributed by atoms with Crippen LogP contribution in [0.15, 0.2) is 84.9 Å². The zero-order valence-corrected chi connectivity index (χ0v) is 22.4. The fourth-order valence-corrected chi connectivity index (χ4v) is 4.55. The van der Waals surface area contributed by atoms with Crippen molar-refractivity contribution in [1.29, 1.82) is 0 Å². The van der Waals surface area contributed by atoms with Crippen LogP contribution in [0.1, 0.15) is 63.0 Å². The molecule has 0 aliphatic rings. The third kappa shape index (κ3) is 9.34. The molecule has 3 aromatic carbocycles. The molecule has 6 heteroatoms. The lowest BCUT2D eigenvalue weighted by Gasteiger charge is -2.26. The highest BCUT2D eigenvalue weighted by Gasteiger charge is 2.25. The maximum Gasteiger partial charge on any atom is 0.308 e. The molecule has 0 spiro atoms. The first-order chi connectivity index (χ1) is 18.4.